The van der Waals surface area contributed by atoms with Crippen molar-refractivity contribution >= 4 is 44.9 Å². The number of methoxy groups -OCH3 is 2. The number of hydrogen-bond donors (Lipinski definition) is 1. The summed E-state index contributed by atoms with van der Waals surface area (Å²) in [5.74, 6) is -0.747. The minimum absolute atomic E-state index is 0.0353. The highest BCUT2D eigenvalue weighted by Crippen LogP contribution is 2.26. The largest absolute Gasteiger partial charge is 0.497 e. The summed E-state index contributed by atoms with van der Waals surface area (Å²) >= 11 is 6.01. The van der Waals surface area contributed by atoms with Crippen LogP contribution in [-0.2, 0) is 19.6 Å². The van der Waals surface area contributed by atoms with Crippen LogP contribution in [0.3, 0.4) is 0 Å². The molecule has 0 saturated heterocycles. The molecule has 0 saturated carbocycles. The molecule has 0 heterocycles. The third kappa shape index (κ3) is 5.63. The number of anilines is 2. The summed E-state index contributed by atoms with van der Waals surface area (Å²) < 4.78 is 37.5. The number of halogens is 1. The van der Waals surface area contributed by atoms with Crippen molar-refractivity contribution in [3.63, 3.8) is 0 Å². The first kappa shape index (κ1) is 24.1. The van der Waals surface area contributed by atoms with E-state index in [4.69, 9.17) is 16.3 Å². The van der Waals surface area contributed by atoms with Crippen molar-refractivity contribution in [3.05, 3.63) is 83.4 Å². The van der Waals surface area contributed by atoms with E-state index >= 15 is 0 Å². The monoisotopic (exact) mass is 488 g/mol. The average Bonchev–Trinajstić information content (AvgIpc) is 2.83. The van der Waals surface area contributed by atoms with Crippen LogP contribution < -0.4 is 14.4 Å². The van der Waals surface area contributed by atoms with E-state index in [0.717, 1.165) is 4.31 Å². The summed E-state index contributed by atoms with van der Waals surface area (Å²) in [5, 5.41) is 2.76. The van der Waals surface area contributed by atoms with Crippen LogP contribution in [-0.4, -0.2) is 41.1 Å². The van der Waals surface area contributed by atoms with Gasteiger partial charge < -0.3 is 14.8 Å². The molecule has 0 atom stereocenters. The van der Waals surface area contributed by atoms with Crippen LogP contribution in [0.1, 0.15) is 10.4 Å². The van der Waals surface area contributed by atoms with E-state index in [2.05, 4.69) is 10.1 Å². The van der Waals surface area contributed by atoms with Crippen LogP contribution in [0.5, 0.6) is 5.75 Å². The Morgan fingerprint density at radius 1 is 0.970 bits per heavy atom. The lowest BCUT2D eigenvalue weighted by molar-refractivity contribution is -0.114. The van der Waals surface area contributed by atoms with E-state index in [9.17, 15) is 18.0 Å². The normalized spacial score (nSPS) is 10.9. The Bertz CT molecular complexity index is 1250. The van der Waals surface area contributed by atoms with Crippen molar-refractivity contribution in [3.8, 4) is 5.75 Å². The molecule has 0 aromatic heterocycles. The number of carbonyl (C=O) groups excluding carboxylic acids is 2. The van der Waals surface area contributed by atoms with Gasteiger partial charge in [-0.05, 0) is 54.6 Å². The zero-order chi connectivity index (χ0) is 24.0. The first-order chi connectivity index (χ1) is 15.8. The van der Waals surface area contributed by atoms with Gasteiger partial charge in [-0.15, -0.1) is 0 Å². The van der Waals surface area contributed by atoms with Gasteiger partial charge in [0.1, 0.15) is 12.3 Å². The standard InChI is InChI=1S/C23H21ClN2O6S/c1-31-18-11-9-17(10-12-18)26(33(29,30)19-6-4-3-5-7-19)15-22(27)25-16-8-13-21(24)20(14-16)23(28)32-2/h3-14H,15H2,1-2H3,(H,25,27). The molecule has 10 heteroatoms. The maximum absolute atomic E-state index is 13.3. The summed E-state index contributed by atoms with van der Waals surface area (Å²) in [7, 11) is -1.35. The van der Waals surface area contributed by atoms with Crippen LogP contribution >= 0.6 is 11.6 Å². The Kier molecular flexibility index (Phi) is 7.57. The first-order valence-corrected chi connectivity index (χ1v) is 11.5. The predicted octanol–water partition coefficient (Wildman–Crippen LogP) is 3.97. The molecule has 0 unspecified atom stereocenters. The molecule has 3 aromatic carbocycles. The minimum Gasteiger partial charge on any atom is -0.497 e. The summed E-state index contributed by atoms with van der Waals surface area (Å²) in [5.41, 5.74) is 0.610. The number of ether oxygens (including phenoxy) is 2. The van der Waals surface area contributed by atoms with E-state index < -0.39 is 28.4 Å². The number of amides is 1. The maximum atomic E-state index is 13.3. The van der Waals surface area contributed by atoms with Gasteiger partial charge in [0.25, 0.3) is 10.0 Å². The van der Waals surface area contributed by atoms with Gasteiger partial charge in [-0.1, -0.05) is 29.8 Å². The molecule has 3 rings (SSSR count). The molecule has 172 valence electrons. The number of nitrogens with zero attached hydrogens (tertiary/aromatic N) is 1. The third-order valence-electron chi connectivity index (χ3n) is 4.63. The zero-order valence-electron chi connectivity index (χ0n) is 17.8. The van der Waals surface area contributed by atoms with E-state index in [0.29, 0.717) is 5.75 Å². The zero-order valence-corrected chi connectivity index (χ0v) is 19.4. The van der Waals surface area contributed by atoms with Gasteiger partial charge >= 0.3 is 5.97 Å². The second-order valence-electron chi connectivity index (χ2n) is 6.76. The molecule has 3 aromatic rings. The van der Waals surface area contributed by atoms with Gasteiger partial charge in [0.05, 0.1) is 35.4 Å². The summed E-state index contributed by atoms with van der Waals surface area (Å²) in [6, 6.07) is 18.4. The number of esters is 1. The van der Waals surface area contributed by atoms with E-state index in [1.807, 2.05) is 0 Å². The van der Waals surface area contributed by atoms with Crippen LogP contribution in [0.25, 0.3) is 0 Å². The lowest BCUT2D eigenvalue weighted by atomic mass is 10.2. The highest BCUT2D eigenvalue weighted by molar-refractivity contribution is 7.92. The van der Waals surface area contributed by atoms with Crippen LogP contribution in [0.2, 0.25) is 5.02 Å². The Morgan fingerprint density at radius 2 is 1.64 bits per heavy atom. The number of rotatable bonds is 8. The van der Waals surface area contributed by atoms with Gasteiger partial charge in [0.15, 0.2) is 0 Å². The van der Waals surface area contributed by atoms with Crippen LogP contribution in [0.15, 0.2) is 77.7 Å². The second kappa shape index (κ2) is 10.4. The quantitative estimate of drug-likeness (QED) is 0.481. The van der Waals surface area contributed by atoms with Gasteiger partial charge in [0, 0.05) is 5.69 Å². The van der Waals surface area contributed by atoms with Gasteiger partial charge in [0.2, 0.25) is 5.91 Å². The first-order valence-electron chi connectivity index (χ1n) is 9.66. The lowest BCUT2D eigenvalue weighted by Gasteiger charge is -2.24. The third-order valence-corrected chi connectivity index (χ3v) is 6.75. The fourth-order valence-electron chi connectivity index (χ4n) is 2.98. The Hall–Kier alpha value is -3.56. The second-order valence-corrected chi connectivity index (χ2v) is 9.03. The fraction of sp³-hybridized carbons (Fsp3) is 0.130. The molecule has 0 aliphatic carbocycles. The number of sulfonamides is 1. The molecule has 0 spiro atoms. The number of nitrogens with one attached hydrogen (secondary N) is 1. The SMILES string of the molecule is COC(=O)c1cc(NC(=O)CN(c2ccc(OC)cc2)S(=O)(=O)c2ccccc2)ccc1Cl. The number of carbonyl (C=O) groups is 2. The highest BCUT2D eigenvalue weighted by Gasteiger charge is 2.27. The Labute approximate surface area is 196 Å². The minimum atomic E-state index is -4.06. The predicted molar refractivity (Wildman–Crippen MR) is 125 cm³/mol. The average molecular weight is 489 g/mol. The molecule has 0 radical (unpaired) electrons. The van der Waals surface area contributed by atoms with Crippen molar-refractivity contribution in [1.29, 1.82) is 0 Å². The van der Waals surface area contributed by atoms with Crippen molar-refractivity contribution in [2.75, 3.05) is 30.4 Å². The molecule has 0 bridgehead atoms. The molecular weight excluding hydrogens is 468 g/mol. The lowest BCUT2D eigenvalue weighted by Crippen LogP contribution is -2.38. The molecule has 1 amide bonds. The van der Waals surface area contributed by atoms with Gasteiger partial charge in [-0.25, -0.2) is 13.2 Å². The number of hydrogen-bond acceptors (Lipinski definition) is 6. The Balaban J connectivity index is 1.92. The van der Waals surface area contributed by atoms with Gasteiger partial charge in [-0.3, -0.25) is 9.10 Å². The smallest absolute Gasteiger partial charge is 0.339 e. The van der Waals surface area contributed by atoms with Crippen molar-refractivity contribution in [1.82, 2.24) is 0 Å². The van der Waals surface area contributed by atoms with Crippen LogP contribution in [0.4, 0.5) is 11.4 Å². The Morgan fingerprint density at radius 3 is 2.24 bits per heavy atom. The van der Waals surface area contributed by atoms with Crippen molar-refractivity contribution < 1.29 is 27.5 Å². The topological polar surface area (TPSA) is 102 Å². The van der Waals surface area contributed by atoms with Crippen molar-refractivity contribution in [2.24, 2.45) is 0 Å². The maximum Gasteiger partial charge on any atom is 0.339 e. The highest BCUT2D eigenvalue weighted by atomic mass is 35.5. The summed E-state index contributed by atoms with van der Waals surface area (Å²) in [6.07, 6.45) is 0. The van der Waals surface area contributed by atoms with E-state index in [-0.39, 0.29) is 26.9 Å². The fourth-order valence-corrected chi connectivity index (χ4v) is 4.62. The number of benzene rings is 3. The van der Waals surface area contributed by atoms with Gasteiger partial charge in [-0.2, -0.15) is 0 Å². The molecule has 0 aliphatic heterocycles. The van der Waals surface area contributed by atoms with E-state index in [1.54, 1.807) is 42.5 Å². The van der Waals surface area contributed by atoms with E-state index in [1.165, 1.54) is 44.6 Å². The molecule has 0 fully saturated rings. The molecular formula is C23H21ClN2O6S. The molecule has 8 nitrogen and oxygen atoms in total. The molecule has 33 heavy (non-hydrogen) atoms. The summed E-state index contributed by atoms with van der Waals surface area (Å²) in [4.78, 5) is 24.7. The summed E-state index contributed by atoms with van der Waals surface area (Å²) in [6.45, 7) is -0.514. The molecule has 1 N–H and O–H groups in total. The van der Waals surface area contributed by atoms with Crippen LogP contribution in [0, 0.1) is 0 Å². The molecule has 0 aliphatic rings. The van der Waals surface area contributed by atoms with Crippen molar-refractivity contribution in [2.45, 2.75) is 4.90 Å².